The lowest BCUT2D eigenvalue weighted by Crippen LogP contribution is -2.40. The molecule has 0 aliphatic rings. The number of carboxylic acid groups (broad SMARTS) is 1. The van der Waals surface area contributed by atoms with Gasteiger partial charge in [0.05, 0.1) is 0 Å². The Hall–Kier alpha value is -2.13. The Morgan fingerprint density at radius 2 is 1.64 bits per heavy atom. The molecule has 0 aliphatic carbocycles. The lowest BCUT2D eigenvalue weighted by Gasteiger charge is -2.20. The van der Waals surface area contributed by atoms with Crippen molar-refractivity contribution in [1.29, 1.82) is 0 Å². The summed E-state index contributed by atoms with van der Waals surface area (Å²) < 4.78 is 0. The first kappa shape index (κ1) is 16.2. The van der Waals surface area contributed by atoms with Crippen molar-refractivity contribution < 1.29 is 9.90 Å². The molecular formula is C19H23NO2. The molecule has 3 heteroatoms. The van der Waals surface area contributed by atoms with Crippen LogP contribution in [0.1, 0.15) is 30.4 Å². The molecule has 2 aromatic carbocycles. The molecular weight excluding hydrogens is 274 g/mol. The topological polar surface area (TPSA) is 49.3 Å². The fourth-order valence-corrected chi connectivity index (χ4v) is 2.60. The summed E-state index contributed by atoms with van der Waals surface area (Å²) in [5.74, 6) is -0.467. The maximum atomic E-state index is 11.5. The lowest BCUT2D eigenvalue weighted by molar-refractivity contribution is -0.139. The van der Waals surface area contributed by atoms with Gasteiger partial charge in [-0.25, -0.2) is 0 Å². The summed E-state index contributed by atoms with van der Waals surface area (Å²) in [7, 11) is 0. The van der Waals surface area contributed by atoms with E-state index in [4.69, 9.17) is 0 Å². The van der Waals surface area contributed by atoms with E-state index in [-0.39, 0.29) is 0 Å². The standard InChI is InChI=1S/C19H23NO2/c1-2-16(17-11-7-4-8-12-17)14-20-18(19(21)22)13-15-9-5-3-6-10-15/h3-12,16,18,20H,2,13-14H2,1H3,(H,21,22)/t16?,18-/m0/s1. The number of aliphatic carboxylic acids is 1. The Labute approximate surface area is 132 Å². The second-order valence-corrected chi connectivity index (χ2v) is 5.50. The van der Waals surface area contributed by atoms with Gasteiger partial charge in [-0.3, -0.25) is 4.79 Å². The summed E-state index contributed by atoms with van der Waals surface area (Å²) >= 11 is 0. The molecule has 116 valence electrons. The first-order valence-corrected chi connectivity index (χ1v) is 7.75. The number of carbonyl (C=O) groups is 1. The zero-order chi connectivity index (χ0) is 15.8. The van der Waals surface area contributed by atoms with Crippen molar-refractivity contribution in [3.05, 3.63) is 71.8 Å². The summed E-state index contributed by atoms with van der Waals surface area (Å²) in [6, 6.07) is 19.4. The molecule has 2 aromatic rings. The zero-order valence-corrected chi connectivity index (χ0v) is 12.9. The van der Waals surface area contributed by atoms with Gasteiger partial charge in [-0.15, -0.1) is 0 Å². The van der Waals surface area contributed by atoms with Crippen LogP contribution in [0.2, 0.25) is 0 Å². The van der Waals surface area contributed by atoms with E-state index in [1.165, 1.54) is 5.56 Å². The normalized spacial score (nSPS) is 13.5. The minimum Gasteiger partial charge on any atom is -0.480 e. The number of rotatable bonds is 8. The van der Waals surface area contributed by atoms with Crippen LogP contribution in [-0.4, -0.2) is 23.7 Å². The SMILES string of the molecule is CCC(CN[C@@H](Cc1ccccc1)C(=O)O)c1ccccc1. The Bertz CT molecular complexity index is 569. The van der Waals surface area contributed by atoms with Crippen molar-refractivity contribution in [2.45, 2.75) is 31.7 Å². The zero-order valence-electron chi connectivity index (χ0n) is 12.9. The highest BCUT2D eigenvalue weighted by atomic mass is 16.4. The second kappa shape index (κ2) is 8.35. The van der Waals surface area contributed by atoms with Crippen LogP contribution in [0.4, 0.5) is 0 Å². The highest BCUT2D eigenvalue weighted by molar-refractivity contribution is 5.73. The van der Waals surface area contributed by atoms with Crippen molar-refractivity contribution in [2.24, 2.45) is 0 Å². The van der Waals surface area contributed by atoms with Gasteiger partial charge in [0.2, 0.25) is 0 Å². The molecule has 0 saturated heterocycles. The highest BCUT2D eigenvalue weighted by Gasteiger charge is 2.19. The van der Waals surface area contributed by atoms with E-state index >= 15 is 0 Å². The van der Waals surface area contributed by atoms with Crippen LogP contribution in [-0.2, 0) is 11.2 Å². The van der Waals surface area contributed by atoms with E-state index in [2.05, 4.69) is 24.4 Å². The van der Waals surface area contributed by atoms with Gasteiger partial charge in [0.1, 0.15) is 6.04 Å². The monoisotopic (exact) mass is 297 g/mol. The maximum Gasteiger partial charge on any atom is 0.321 e. The molecule has 0 aromatic heterocycles. The molecule has 0 radical (unpaired) electrons. The van der Waals surface area contributed by atoms with Crippen LogP contribution >= 0.6 is 0 Å². The molecule has 2 N–H and O–H groups in total. The molecule has 0 spiro atoms. The van der Waals surface area contributed by atoms with Gasteiger partial charge in [0, 0.05) is 6.54 Å². The molecule has 2 rings (SSSR count). The third-order valence-corrected chi connectivity index (χ3v) is 3.96. The van der Waals surface area contributed by atoms with Crippen molar-refractivity contribution in [1.82, 2.24) is 5.32 Å². The van der Waals surface area contributed by atoms with E-state index in [9.17, 15) is 9.90 Å². The van der Waals surface area contributed by atoms with Crippen LogP contribution in [0.5, 0.6) is 0 Å². The number of nitrogens with one attached hydrogen (secondary N) is 1. The predicted octanol–water partition coefficient (Wildman–Crippen LogP) is 3.47. The number of benzene rings is 2. The summed E-state index contributed by atoms with van der Waals surface area (Å²) in [4.78, 5) is 11.5. The average Bonchev–Trinajstić information content (AvgIpc) is 2.56. The minimum atomic E-state index is -0.799. The second-order valence-electron chi connectivity index (χ2n) is 5.50. The smallest absolute Gasteiger partial charge is 0.321 e. The molecule has 0 bridgehead atoms. The molecule has 0 heterocycles. The number of hydrogen-bond acceptors (Lipinski definition) is 2. The Balaban J connectivity index is 1.98. The molecule has 0 amide bonds. The van der Waals surface area contributed by atoms with Crippen LogP contribution in [0, 0.1) is 0 Å². The van der Waals surface area contributed by atoms with Crippen molar-refractivity contribution in [3.8, 4) is 0 Å². The Kier molecular flexibility index (Phi) is 6.16. The summed E-state index contributed by atoms with van der Waals surface area (Å²) in [6.45, 7) is 2.80. The Morgan fingerprint density at radius 1 is 1.05 bits per heavy atom. The van der Waals surface area contributed by atoms with Gasteiger partial charge in [-0.05, 0) is 29.9 Å². The molecule has 22 heavy (non-hydrogen) atoms. The summed E-state index contributed by atoms with van der Waals surface area (Å²) in [5, 5.41) is 12.6. The fourth-order valence-electron chi connectivity index (χ4n) is 2.60. The van der Waals surface area contributed by atoms with Gasteiger partial charge >= 0.3 is 5.97 Å². The fraction of sp³-hybridized carbons (Fsp3) is 0.316. The minimum absolute atomic E-state index is 0.332. The first-order chi connectivity index (χ1) is 10.7. The third-order valence-electron chi connectivity index (χ3n) is 3.96. The number of carboxylic acids is 1. The van der Waals surface area contributed by atoms with E-state index in [0.29, 0.717) is 18.9 Å². The van der Waals surface area contributed by atoms with Crippen molar-refractivity contribution in [3.63, 3.8) is 0 Å². The van der Waals surface area contributed by atoms with Gasteiger partial charge in [0.25, 0.3) is 0 Å². The predicted molar refractivity (Wildman–Crippen MR) is 89.0 cm³/mol. The van der Waals surface area contributed by atoms with Crippen LogP contribution in [0.25, 0.3) is 0 Å². The molecule has 3 nitrogen and oxygen atoms in total. The van der Waals surface area contributed by atoms with E-state index in [0.717, 1.165) is 12.0 Å². The Morgan fingerprint density at radius 3 is 2.18 bits per heavy atom. The third kappa shape index (κ3) is 4.71. The first-order valence-electron chi connectivity index (χ1n) is 7.75. The summed E-state index contributed by atoms with van der Waals surface area (Å²) in [5.41, 5.74) is 2.29. The molecule has 0 fully saturated rings. The van der Waals surface area contributed by atoms with Crippen LogP contribution < -0.4 is 5.32 Å². The molecule has 0 saturated carbocycles. The van der Waals surface area contributed by atoms with Crippen molar-refractivity contribution in [2.75, 3.05) is 6.54 Å². The molecule has 2 atom stereocenters. The quantitative estimate of drug-likeness (QED) is 0.784. The van der Waals surface area contributed by atoms with Gasteiger partial charge in [0.15, 0.2) is 0 Å². The van der Waals surface area contributed by atoms with Gasteiger partial charge < -0.3 is 10.4 Å². The van der Waals surface area contributed by atoms with E-state index in [1.807, 2.05) is 48.5 Å². The van der Waals surface area contributed by atoms with Crippen LogP contribution in [0.3, 0.4) is 0 Å². The lowest BCUT2D eigenvalue weighted by atomic mass is 9.96. The van der Waals surface area contributed by atoms with Crippen LogP contribution in [0.15, 0.2) is 60.7 Å². The summed E-state index contributed by atoms with van der Waals surface area (Å²) in [6.07, 6.45) is 1.48. The van der Waals surface area contributed by atoms with Gasteiger partial charge in [-0.2, -0.15) is 0 Å². The molecule has 1 unspecified atom stereocenters. The van der Waals surface area contributed by atoms with E-state index < -0.39 is 12.0 Å². The number of hydrogen-bond donors (Lipinski definition) is 2. The average molecular weight is 297 g/mol. The van der Waals surface area contributed by atoms with E-state index in [1.54, 1.807) is 0 Å². The highest BCUT2D eigenvalue weighted by Crippen LogP contribution is 2.18. The molecule has 0 aliphatic heterocycles. The largest absolute Gasteiger partial charge is 0.480 e. The van der Waals surface area contributed by atoms with Gasteiger partial charge in [-0.1, -0.05) is 67.6 Å². The van der Waals surface area contributed by atoms with Crippen molar-refractivity contribution >= 4 is 5.97 Å². The maximum absolute atomic E-state index is 11.5.